The quantitative estimate of drug-likeness (QED) is 0.875. The minimum atomic E-state index is -0.0144. The summed E-state index contributed by atoms with van der Waals surface area (Å²) in [5, 5.41) is 8.44. The molecule has 24 heavy (non-hydrogen) atoms. The van der Waals surface area contributed by atoms with Crippen LogP contribution in [0.25, 0.3) is 0 Å². The number of hydrogen-bond acceptors (Lipinski definition) is 4. The molecule has 126 valence electrons. The molecule has 1 fully saturated rings. The van der Waals surface area contributed by atoms with Gasteiger partial charge in [-0.15, -0.1) is 11.3 Å². The van der Waals surface area contributed by atoms with Crippen LogP contribution in [0.2, 0.25) is 0 Å². The third kappa shape index (κ3) is 3.19. The normalized spacial score (nSPS) is 20.8. The van der Waals surface area contributed by atoms with Crippen LogP contribution >= 0.6 is 11.3 Å². The highest BCUT2D eigenvalue weighted by Gasteiger charge is 2.45. The standard InChI is InChI=1S/C19H22N2O2S/c22-18(21-12-14-5-3-10-24-14)13-20-16-11-19(8-4-9-19)23-17-7-2-1-6-15(16)17/h1-3,5-7,10,16,20H,4,8-9,11-13H2,(H,21,22). The Hall–Kier alpha value is -1.85. The maximum absolute atomic E-state index is 12.1. The number of hydrogen-bond donors (Lipinski definition) is 2. The van der Waals surface area contributed by atoms with Gasteiger partial charge in [0.2, 0.25) is 5.91 Å². The van der Waals surface area contributed by atoms with Crippen LogP contribution in [-0.2, 0) is 11.3 Å². The van der Waals surface area contributed by atoms with E-state index in [1.807, 2.05) is 35.7 Å². The van der Waals surface area contributed by atoms with Gasteiger partial charge in [0, 0.05) is 22.9 Å². The predicted octanol–water partition coefficient (Wildman–Crippen LogP) is 3.40. The molecule has 4 rings (SSSR count). The van der Waals surface area contributed by atoms with E-state index in [4.69, 9.17) is 4.74 Å². The molecule has 1 aliphatic heterocycles. The molecule has 0 radical (unpaired) electrons. The smallest absolute Gasteiger partial charge is 0.234 e. The molecule has 1 aromatic heterocycles. The fraction of sp³-hybridized carbons (Fsp3) is 0.421. The minimum absolute atomic E-state index is 0.0144. The highest BCUT2D eigenvalue weighted by atomic mass is 32.1. The molecular formula is C19H22N2O2S. The SMILES string of the molecule is O=C(CNC1CC2(CCC2)Oc2ccccc21)NCc1cccs1. The van der Waals surface area contributed by atoms with Crippen molar-refractivity contribution in [2.24, 2.45) is 0 Å². The lowest BCUT2D eigenvalue weighted by molar-refractivity contribution is -0.120. The summed E-state index contributed by atoms with van der Waals surface area (Å²) in [6.07, 6.45) is 4.41. The van der Waals surface area contributed by atoms with E-state index in [-0.39, 0.29) is 17.6 Å². The van der Waals surface area contributed by atoms with Gasteiger partial charge < -0.3 is 15.4 Å². The number of para-hydroxylation sites is 1. The Kier molecular flexibility index (Phi) is 4.29. The highest BCUT2D eigenvalue weighted by Crippen LogP contribution is 2.48. The lowest BCUT2D eigenvalue weighted by atomic mass is 9.73. The maximum Gasteiger partial charge on any atom is 0.234 e. The Morgan fingerprint density at radius 2 is 2.12 bits per heavy atom. The molecular weight excluding hydrogens is 320 g/mol. The van der Waals surface area contributed by atoms with E-state index in [9.17, 15) is 4.79 Å². The van der Waals surface area contributed by atoms with E-state index in [1.165, 1.54) is 16.9 Å². The monoisotopic (exact) mass is 342 g/mol. The van der Waals surface area contributed by atoms with Crippen LogP contribution in [0.3, 0.4) is 0 Å². The van der Waals surface area contributed by atoms with Crippen molar-refractivity contribution in [3.63, 3.8) is 0 Å². The predicted molar refractivity (Wildman–Crippen MR) is 95.2 cm³/mol. The first kappa shape index (κ1) is 15.7. The van der Waals surface area contributed by atoms with Gasteiger partial charge in [0.25, 0.3) is 0 Å². The van der Waals surface area contributed by atoms with Gasteiger partial charge in [-0.05, 0) is 36.8 Å². The maximum atomic E-state index is 12.1. The number of fused-ring (bicyclic) bond motifs is 1. The van der Waals surface area contributed by atoms with Crippen molar-refractivity contribution in [1.82, 2.24) is 10.6 Å². The zero-order chi connectivity index (χ0) is 16.4. The summed E-state index contributed by atoms with van der Waals surface area (Å²) < 4.78 is 6.25. The number of nitrogens with one attached hydrogen (secondary N) is 2. The van der Waals surface area contributed by atoms with Crippen molar-refractivity contribution in [3.05, 3.63) is 52.2 Å². The van der Waals surface area contributed by atoms with Crippen molar-refractivity contribution in [3.8, 4) is 5.75 Å². The van der Waals surface area contributed by atoms with E-state index in [1.54, 1.807) is 11.3 Å². The van der Waals surface area contributed by atoms with Crippen LogP contribution in [0, 0.1) is 0 Å². The highest BCUT2D eigenvalue weighted by molar-refractivity contribution is 7.09. The van der Waals surface area contributed by atoms with Crippen LogP contribution < -0.4 is 15.4 Å². The van der Waals surface area contributed by atoms with E-state index in [0.29, 0.717) is 13.1 Å². The number of ether oxygens (including phenoxy) is 1. The molecule has 1 amide bonds. The average Bonchev–Trinajstić information content (AvgIpc) is 3.09. The van der Waals surface area contributed by atoms with Crippen LogP contribution in [0.15, 0.2) is 41.8 Å². The van der Waals surface area contributed by atoms with Crippen LogP contribution in [-0.4, -0.2) is 18.1 Å². The van der Waals surface area contributed by atoms with Crippen molar-refractivity contribution >= 4 is 17.2 Å². The molecule has 0 saturated heterocycles. The Labute approximate surface area is 146 Å². The van der Waals surface area contributed by atoms with Crippen molar-refractivity contribution in [2.75, 3.05) is 6.54 Å². The Morgan fingerprint density at radius 1 is 1.25 bits per heavy atom. The minimum Gasteiger partial charge on any atom is -0.487 e. The summed E-state index contributed by atoms with van der Waals surface area (Å²) in [6.45, 7) is 0.937. The van der Waals surface area contributed by atoms with Gasteiger partial charge in [-0.3, -0.25) is 4.79 Å². The molecule has 1 spiro atoms. The molecule has 1 unspecified atom stereocenters. The topological polar surface area (TPSA) is 50.4 Å². The first-order valence-corrected chi connectivity index (χ1v) is 9.43. The molecule has 1 aromatic carbocycles. The largest absolute Gasteiger partial charge is 0.487 e. The summed E-state index contributed by atoms with van der Waals surface area (Å²) in [7, 11) is 0. The summed E-state index contributed by atoms with van der Waals surface area (Å²) in [4.78, 5) is 13.3. The summed E-state index contributed by atoms with van der Waals surface area (Å²) in [5.74, 6) is 1.01. The number of carbonyl (C=O) groups is 1. The van der Waals surface area contributed by atoms with Crippen molar-refractivity contribution in [2.45, 2.75) is 43.9 Å². The molecule has 2 N–H and O–H groups in total. The lowest BCUT2D eigenvalue weighted by Gasteiger charge is -2.48. The second-order valence-electron chi connectivity index (χ2n) is 6.67. The van der Waals surface area contributed by atoms with Gasteiger partial charge in [0.15, 0.2) is 0 Å². The number of benzene rings is 1. The molecule has 5 heteroatoms. The van der Waals surface area contributed by atoms with Crippen molar-refractivity contribution < 1.29 is 9.53 Å². The molecule has 1 atom stereocenters. The molecule has 0 bridgehead atoms. The summed E-state index contributed by atoms with van der Waals surface area (Å²) in [6, 6.07) is 12.4. The Balaban J connectivity index is 1.37. The zero-order valence-corrected chi connectivity index (χ0v) is 14.4. The number of rotatable bonds is 5. The Bertz CT molecular complexity index is 710. The Morgan fingerprint density at radius 3 is 2.88 bits per heavy atom. The fourth-order valence-corrected chi connectivity index (χ4v) is 4.20. The number of carbonyl (C=O) groups excluding carboxylic acids is 1. The molecule has 2 aromatic rings. The van der Waals surface area contributed by atoms with Crippen molar-refractivity contribution in [1.29, 1.82) is 0 Å². The van der Waals surface area contributed by atoms with E-state index >= 15 is 0 Å². The van der Waals surface area contributed by atoms with E-state index in [2.05, 4.69) is 16.7 Å². The fourth-order valence-electron chi connectivity index (χ4n) is 3.55. The second kappa shape index (κ2) is 6.57. The zero-order valence-electron chi connectivity index (χ0n) is 13.6. The molecule has 2 heterocycles. The van der Waals surface area contributed by atoms with Gasteiger partial charge >= 0.3 is 0 Å². The first-order valence-electron chi connectivity index (χ1n) is 8.55. The third-order valence-corrected chi connectivity index (χ3v) is 5.89. The molecule has 4 nitrogen and oxygen atoms in total. The van der Waals surface area contributed by atoms with Gasteiger partial charge in [0.1, 0.15) is 11.4 Å². The van der Waals surface area contributed by atoms with Gasteiger partial charge in [0.05, 0.1) is 13.1 Å². The molecule has 1 aliphatic carbocycles. The third-order valence-electron chi connectivity index (χ3n) is 5.01. The van der Waals surface area contributed by atoms with Gasteiger partial charge in [-0.25, -0.2) is 0 Å². The summed E-state index contributed by atoms with van der Waals surface area (Å²) in [5.41, 5.74) is 1.15. The summed E-state index contributed by atoms with van der Waals surface area (Å²) >= 11 is 1.66. The van der Waals surface area contributed by atoms with Gasteiger partial charge in [-0.2, -0.15) is 0 Å². The lowest BCUT2D eigenvalue weighted by Crippen LogP contribution is -2.50. The van der Waals surface area contributed by atoms with Crippen LogP contribution in [0.1, 0.15) is 42.2 Å². The first-order chi connectivity index (χ1) is 11.7. The van der Waals surface area contributed by atoms with E-state index in [0.717, 1.165) is 25.0 Å². The molecule has 1 saturated carbocycles. The van der Waals surface area contributed by atoms with Gasteiger partial charge in [-0.1, -0.05) is 24.3 Å². The number of thiophene rings is 1. The van der Waals surface area contributed by atoms with Crippen LogP contribution in [0.5, 0.6) is 5.75 Å². The van der Waals surface area contributed by atoms with Crippen LogP contribution in [0.4, 0.5) is 0 Å². The average molecular weight is 342 g/mol. The molecule has 2 aliphatic rings. The number of amides is 1. The van der Waals surface area contributed by atoms with E-state index < -0.39 is 0 Å². The second-order valence-corrected chi connectivity index (χ2v) is 7.70.